The second-order valence-corrected chi connectivity index (χ2v) is 13.2. The predicted molar refractivity (Wildman–Crippen MR) is 182 cm³/mol. The lowest BCUT2D eigenvalue weighted by Crippen LogP contribution is -2.56. The Morgan fingerprint density at radius 1 is 0.979 bits per heavy atom. The van der Waals surface area contributed by atoms with Crippen molar-refractivity contribution in [1.29, 1.82) is 0 Å². The van der Waals surface area contributed by atoms with Crippen LogP contribution in [0, 0.1) is 30.1 Å². The number of halogens is 3. The van der Waals surface area contributed by atoms with Gasteiger partial charge >= 0.3 is 0 Å². The fourth-order valence-electron chi connectivity index (χ4n) is 5.88. The maximum Gasteiger partial charge on any atom is 0.243 e. The molecule has 1 aliphatic rings. The number of benzene rings is 1. The molecule has 1 fully saturated rings. The van der Waals surface area contributed by atoms with Gasteiger partial charge in [-0.1, -0.05) is 76.3 Å². The fourth-order valence-corrected chi connectivity index (χ4v) is 5.88. The lowest BCUT2D eigenvalue weighted by molar-refractivity contribution is -0.137. The van der Waals surface area contributed by atoms with E-state index in [1.165, 1.54) is 16.2 Å². The molecule has 1 aromatic carbocycles. The van der Waals surface area contributed by atoms with Crippen LogP contribution < -0.4 is 10.6 Å². The number of rotatable bonds is 19. The van der Waals surface area contributed by atoms with Gasteiger partial charge in [-0.25, -0.2) is 13.2 Å². The van der Waals surface area contributed by atoms with Crippen LogP contribution in [0.2, 0.25) is 0 Å². The van der Waals surface area contributed by atoms with Gasteiger partial charge in [0, 0.05) is 33.0 Å². The molecular formula is C36H57F3N4O5. The van der Waals surface area contributed by atoms with Crippen molar-refractivity contribution in [3.63, 3.8) is 0 Å². The van der Waals surface area contributed by atoms with E-state index in [9.17, 15) is 37.8 Å². The summed E-state index contributed by atoms with van der Waals surface area (Å²) in [7, 11) is 3.23. The topological polar surface area (TPSA) is 122 Å². The molecule has 4 unspecified atom stereocenters. The van der Waals surface area contributed by atoms with Crippen LogP contribution in [0.15, 0.2) is 30.3 Å². The molecule has 0 aliphatic heterocycles. The van der Waals surface area contributed by atoms with Crippen molar-refractivity contribution in [2.24, 2.45) is 17.8 Å². The Morgan fingerprint density at radius 3 is 2.17 bits per heavy atom. The minimum atomic E-state index is -1.75. The Bertz CT molecular complexity index is 1100. The minimum absolute atomic E-state index is 0.0835. The van der Waals surface area contributed by atoms with Crippen molar-refractivity contribution in [3.8, 4) is 12.3 Å². The molecule has 48 heavy (non-hydrogen) atoms. The number of amides is 3. The lowest BCUT2D eigenvalue weighted by atomic mass is 9.82. The van der Waals surface area contributed by atoms with Gasteiger partial charge in [-0.2, -0.15) is 0 Å². The van der Waals surface area contributed by atoms with Crippen LogP contribution in [0.25, 0.3) is 0 Å². The summed E-state index contributed by atoms with van der Waals surface area (Å²) in [5.41, 5.74) is 0.859. The number of aliphatic hydroxyl groups is 2. The molecule has 0 heterocycles. The van der Waals surface area contributed by atoms with Gasteiger partial charge < -0.3 is 25.7 Å². The van der Waals surface area contributed by atoms with Gasteiger partial charge in [0.2, 0.25) is 24.6 Å². The summed E-state index contributed by atoms with van der Waals surface area (Å²) in [6.07, 6.45) is 9.76. The molecule has 272 valence electrons. The van der Waals surface area contributed by atoms with E-state index in [1.807, 2.05) is 44.2 Å². The van der Waals surface area contributed by atoms with Crippen LogP contribution in [-0.4, -0.2) is 103 Å². The zero-order valence-electron chi connectivity index (χ0n) is 29.1. The lowest BCUT2D eigenvalue weighted by Gasteiger charge is -2.33. The molecular weight excluding hydrogens is 625 g/mol. The second kappa shape index (κ2) is 24.1. The highest BCUT2D eigenvalue weighted by molar-refractivity contribution is 5.91. The average molecular weight is 683 g/mol. The van der Waals surface area contributed by atoms with E-state index in [1.54, 1.807) is 14.1 Å². The van der Waals surface area contributed by atoms with Gasteiger partial charge in [-0.05, 0) is 43.7 Å². The smallest absolute Gasteiger partial charge is 0.243 e. The molecule has 1 aliphatic carbocycles. The number of nitrogens with one attached hydrogen (secondary N) is 2. The monoisotopic (exact) mass is 682 g/mol. The number of alkyl halides is 3. The molecule has 0 saturated heterocycles. The minimum Gasteiger partial charge on any atom is -0.390 e. The van der Waals surface area contributed by atoms with Crippen molar-refractivity contribution in [1.82, 2.24) is 20.4 Å². The molecule has 0 radical (unpaired) electrons. The first-order valence-corrected chi connectivity index (χ1v) is 16.9. The van der Waals surface area contributed by atoms with E-state index in [-0.39, 0.29) is 31.1 Å². The molecule has 0 bridgehead atoms. The number of aliphatic hydroxyl groups excluding tert-OH is 2. The van der Waals surface area contributed by atoms with Gasteiger partial charge in [0.15, 0.2) is 0 Å². The van der Waals surface area contributed by atoms with Crippen LogP contribution in [0.5, 0.6) is 0 Å². The molecule has 3 amide bonds. The Kier molecular flexibility index (Phi) is 21.5. The number of hydrogen-bond donors (Lipinski definition) is 4. The van der Waals surface area contributed by atoms with Crippen molar-refractivity contribution >= 4 is 17.7 Å². The highest BCUT2D eigenvalue weighted by Gasteiger charge is 2.34. The Labute approximate surface area is 285 Å². The van der Waals surface area contributed by atoms with E-state index >= 15 is 0 Å². The Morgan fingerprint density at radius 2 is 1.60 bits per heavy atom. The van der Waals surface area contributed by atoms with Gasteiger partial charge in [0.25, 0.3) is 0 Å². The summed E-state index contributed by atoms with van der Waals surface area (Å²) in [5.74, 6) is 0.861. The van der Waals surface area contributed by atoms with E-state index in [0.717, 1.165) is 31.2 Å². The van der Waals surface area contributed by atoms with Gasteiger partial charge in [-0.15, -0.1) is 12.3 Å². The summed E-state index contributed by atoms with van der Waals surface area (Å²) in [5, 5.41) is 27.6. The highest BCUT2D eigenvalue weighted by atomic mass is 19.3. The largest absolute Gasteiger partial charge is 0.390 e. The molecule has 0 aromatic heterocycles. The number of hydrogen-bond acceptors (Lipinski definition) is 6. The number of nitrogens with zero attached hydrogens (tertiary/aromatic N) is 2. The van der Waals surface area contributed by atoms with Crippen LogP contribution >= 0.6 is 0 Å². The highest BCUT2D eigenvalue weighted by Crippen LogP contribution is 2.29. The van der Waals surface area contributed by atoms with Crippen molar-refractivity contribution in [3.05, 3.63) is 35.9 Å². The van der Waals surface area contributed by atoms with Gasteiger partial charge in [0.1, 0.15) is 18.9 Å². The SMILES string of the molecule is C#CC[C@H](NC(=O)C(CC(=O)N(C)CCN(C)CF)Cc1ccccc1)C(=O)NC(CC1CCCCC1)C(O)C(O)CC(C)C.FCF. The maximum absolute atomic E-state index is 13.7. The molecule has 9 nitrogen and oxygen atoms in total. The summed E-state index contributed by atoms with van der Waals surface area (Å²) in [4.78, 5) is 43.4. The zero-order chi connectivity index (χ0) is 36.1. The average Bonchev–Trinajstić information content (AvgIpc) is 3.06. The first kappa shape index (κ1) is 42.9. The molecule has 4 N–H and O–H groups in total. The summed E-state index contributed by atoms with van der Waals surface area (Å²) in [6, 6.07) is 7.52. The molecule has 2 rings (SSSR count). The summed E-state index contributed by atoms with van der Waals surface area (Å²) < 4.78 is 32.1. The van der Waals surface area contributed by atoms with Crippen LogP contribution in [0.4, 0.5) is 13.2 Å². The molecule has 5 atom stereocenters. The predicted octanol–water partition coefficient (Wildman–Crippen LogP) is 4.17. The van der Waals surface area contributed by atoms with E-state index in [2.05, 4.69) is 16.6 Å². The van der Waals surface area contributed by atoms with E-state index in [0.29, 0.717) is 31.8 Å². The third kappa shape index (κ3) is 16.8. The van der Waals surface area contributed by atoms with Gasteiger partial charge in [-0.3, -0.25) is 19.3 Å². The number of likely N-dealkylation sites (N-methyl/N-ethyl adjacent to an activating group) is 2. The summed E-state index contributed by atoms with van der Waals surface area (Å²) >= 11 is 0. The van der Waals surface area contributed by atoms with Gasteiger partial charge in [0.05, 0.1) is 18.1 Å². The van der Waals surface area contributed by atoms with Crippen molar-refractivity contribution < 1.29 is 37.8 Å². The molecule has 1 aromatic rings. The summed E-state index contributed by atoms with van der Waals surface area (Å²) in [6.45, 7) is 2.18. The van der Waals surface area contributed by atoms with Crippen LogP contribution in [0.1, 0.15) is 77.2 Å². The normalized spacial score (nSPS) is 16.5. The van der Waals surface area contributed by atoms with Crippen LogP contribution in [0.3, 0.4) is 0 Å². The quantitative estimate of drug-likeness (QED) is 0.129. The Hall–Kier alpha value is -3.14. The Balaban J connectivity index is 0.00000369. The van der Waals surface area contributed by atoms with Crippen molar-refractivity contribution in [2.75, 3.05) is 40.9 Å². The second-order valence-electron chi connectivity index (χ2n) is 13.2. The standard InChI is InChI=1S/C35H55FN4O5.CH2F2/c1-6-13-29(35(45)38-30(22-27-16-11-8-12-17-27)33(43)31(41)20-25(2)3)37-34(44)28(21-26-14-9-7-10-15-26)23-32(42)40(5)19-18-39(4)24-36;2-1-3/h1,7,9-10,14-15,25,27-31,33,41,43H,8,11-13,16-24H2,2-5H3,(H,37,44)(H,38,45);1H2/t28?,29-,30?,31?,33?;/m0./s1. The fraction of sp³-hybridized carbons (Fsp3) is 0.694. The first-order chi connectivity index (χ1) is 22.9. The van der Waals surface area contributed by atoms with Crippen LogP contribution in [-0.2, 0) is 20.8 Å². The zero-order valence-corrected chi connectivity index (χ0v) is 29.1. The van der Waals surface area contributed by atoms with Crippen molar-refractivity contribution in [2.45, 2.75) is 102 Å². The third-order valence-corrected chi connectivity index (χ3v) is 8.68. The number of terminal acetylenes is 1. The number of carbonyl (C=O) groups excluding carboxylic acids is 3. The molecule has 0 spiro atoms. The van der Waals surface area contributed by atoms with E-state index < -0.39 is 55.8 Å². The molecule has 1 saturated carbocycles. The molecule has 12 heteroatoms. The first-order valence-electron chi connectivity index (χ1n) is 16.9. The van der Waals surface area contributed by atoms with E-state index in [4.69, 9.17) is 6.42 Å². The number of carbonyl (C=O) groups is 3. The maximum atomic E-state index is 13.7. The third-order valence-electron chi connectivity index (χ3n) is 8.68.